The van der Waals surface area contributed by atoms with Crippen LogP contribution in [0.4, 0.5) is 0 Å². The molecule has 2 nitrogen and oxygen atoms in total. The molecule has 0 spiro atoms. The van der Waals surface area contributed by atoms with E-state index in [1.165, 1.54) is 0 Å². The van der Waals surface area contributed by atoms with Crippen LogP contribution in [0.25, 0.3) is 0 Å². The molecule has 0 saturated heterocycles. The van der Waals surface area contributed by atoms with Crippen LogP contribution in [-0.2, 0) is 4.84 Å². The fourth-order valence-corrected chi connectivity index (χ4v) is 0.347. The fraction of sp³-hybridized carbons (Fsp3) is 0.875. The molecule has 0 heterocycles. The van der Waals surface area contributed by atoms with Gasteiger partial charge in [-0.15, -0.1) is 0 Å². The van der Waals surface area contributed by atoms with Crippen molar-refractivity contribution < 1.29 is 4.84 Å². The smallest absolute Gasteiger partial charge is 0.0810 e. The van der Waals surface area contributed by atoms with Crippen molar-refractivity contribution in [3.05, 3.63) is 6.54 Å². The number of hydrogen-bond donors (Lipinski definition) is 1. The second-order valence-electron chi connectivity index (χ2n) is 3.53. The molecule has 10 heavy (non-hydrogen) atoms. The van der Waals surface area contributed by atoms with Gasteiger partial charge in [0.15, 0.2) is 0 Å². The van der Waals surface area contributed by atoms with Crippen molar-refractivity contribution in [1.82, 2.24) is 5.48 Å². The second-order valence-corrected chi connectivity index (χ2v) is 3.53. The highest BCUT2D eigenvalue weighted by atomic mass is 16.7. The van der Waals surface area contributed by atoms with Crippen LogP contribution in [-0.4, -0.2) is 6.10 Å². The van der Waals surface area contributed by atoms with Crippen molar-refractivity contribution in [2.24, 2.45) is 5.41 Å². The van der Waals surface area contributed by atoms with Gasteiger partial charge in [0, 0.05) is 6.54 Å². The van der Waals surface area contributed by atoms with E-state index in [4.69, 9.17) is 4.84 Å². The minimum atomic E-state index is 0.204. The molecule has 0 aromatic rings. The summed E-state index contributed by atoms with van der Waals surface area (Å²) in [5.74, 6) is 0. The van der Waals surface area contributed by atoms with E-state index in [1.54, 1.807) is 6.54 Å². The monoisotopic (exact) mass is 144 g/mol. The zero-order chi connectivity index (χ0) is 8.20. The minimum absolute atomic E-state index is 0.204. The van der Waals surface area contributed by atoms with Gasteiger partial charge in [0.05, 0.1) is 6.10 Å². The zero-order valence-corrected chi connectivity index (χ0v) is 7.56. The summed E-state index contributed by atoms with van der Waals surface area (Å²) in [7, 11) is 0. The lowest BCUT2D eigenvalue weighted by molar-refractivity contribution is -0.0553. The van der Waals surface area contributed by atoms with Crippen LogP contribution in [0.3, 0.4) is 0 Å². The third-order valence-corrected chi connectivity index (χ3v) is 1.58. The fourth-order valence-electron chi connectivity index (χ4n) is 0.347. The van der Waals surface area contributed by atoms with Crippen LogP contribution in [0.15, 0.2) is 0 Å². The standard InChI is InChI=1S/C8H18NO/c1-6-9-10-7(2)8(3,4)5/h6-7,9H,1-5H3. The highest BCUT2D eigenvalue weighted by molar-refractivity contribution is 4.69. The van der Waals surface area contributed by atoms with Crippen molar-refractivity contribution in [1.29, 1.82) is 0 Å². The van der Waals surface area contributed by atoms with Gasteiger partial charge in [-0.05, 0) is 19.3 Å². The molecule has 1 N–H and O–H groups in total. The van der Waals surface area contributed by atoms with E-state index < -0.39 is 0 Å². The van der Waals surface area contributed by atoms with Crippen LogP contribution in [0.1, 0.15) is 34.6 Å². The molecular formula is C8H18NO. The molecule has 0 saturated carbocycles. The Labute approximate surface area is 63.9 Å². The molecule has 0 aliphatic rings. The van der Waals surface area contributed by atoms with Crippen molar-refractivity contribution >= 4 is 0 Å². The van der Waals surface area contributed by atoms with Crippen LogP contribution in [0.5, 0.6) is 0 Å². The first-order valence-corrected chi connectivity index (χ1v) is 3.67. The summed E-state index contributed by atoms with van der Waals surface area (Å²) in [6.45, 7) is 12.2. The molecular weight excluding hydrogens is 126 g/mol. The van der Waals surface area contributed by atoms with Gasteiger partial charge in [0.2, 0.25) is 0 Å². The Bertz CT molecular complexity index is 85.7. The maximum absolute atomic E-state index is 5.25. The first-order valence-electron chi connectivity index (χ1n) is 3.67. The zero-order valence-electron chi connectivity index (χ0n) is 7.56. The summed E-state index contributed by atoms with van der Waals surface area (Å²) in [5, 5.41) is 0. The molecule has 0 fully saturated rings. The Morgan fingerprint density at radius 1 is 1.40 bits per heavy atom. The van der Waals surface area contributed by atoms with Gasteiger partial charge in [-0.3, -0.25) is 4.84 Å². The summed E-state index contributed by atoms with van der Waals surface area (Å²) in [5.41, 5.74) is 2.93. The lowest BCUT2D eigenvalue weighted by Crippen LogP contribution is -2.30. The molecule has 0 rings (SSSR count). The number of rotatable bonds is 3. The summed E-state index contributed by atoms with van der Waals surface area (Å²) in [4.78, 5) is 5.25. The Kier molecular flexibility index (Phi) is 3.91. The van der Waals surface area contributed by atoms with Gasteiger partial charge in [-0.1, -0.05) is 20.8 Å². The molecule has 1 unspecified atom stereocenters. The van der Waals surface area contributed by atoms with E-state index >= 15 is 0 Å². The summed E-state index contributed by atoms with van der Waals surface area (Å²) in [6.07, 6.45) is 0.226. The maximum Gasteiger partial charge on any atom is 0.0810 e. The first kappa shape index (κ1) is 9.92. The Morgan fingerprint density at radius 2 is 1.90 bits per heavy atom. The summed E-state index contributed by atoms with van der Waals surface area (Å²) < 4.78 is 0. The highest BCUT2D eigenvalue weighted by Crippen LogP contribution is 2.20. The Morgan fingerprint density at radius 3 is 2.20 bits per heavy atom. The predicted octanol–water partition coefficient (Wildman–Crippen LogP) is 2.12. The van der Waals surface area contributed by atoms with Crippen molar-refractivity contribution in [2.75, 3.05) is 0 Å². The van der Waals surface area contributed by atoms with E-state index in [9.17, 15) is 0 Å². The highest BCUT2D eigenvalue weighted by Gasteiger charge is 2.20. The van der Waals surface area contributed by atoms with E-state index in [2.05, 4.69) is 33.2 Å². The number of nitrogens with one attached hydrogen (secondary N) is 1. The van der Waals surface area contributed by atoms with Gasteiger partial charge < -0.3 is 0 Å². The lowest BCUT2D eigenvalue weighted by Gasteiger charge is -2.26. The largest absolute Gasteiger partial charge is 0.298 e. The molecule has 0 amide bonds. The van der Waals surface area contributed by atoms with E-state index in [0.717, 1.165) is 0 Å². The number of hydroxylamine groups is 1. The van der Waals surface area contributed by atoms with Crippen LogP contribution >= 0.6 is 0 Å². The molecule has 1 atom stereocenters. The second kappa shape index (κ2) is 3.94. The van der Waals surface area contributed by atoms with Crippen LogP contribution in [0.2, 0.25) is 0 Å². The topological polar surface area (TPSA) is 21.3 Å². The first-order chi connectivity index (χ1) is 4.48. The van der Waals surface area contributed by atoms with Gasteiger partial charge in [-0.25, -0.2) is 0 Å². The van der Waals surface area contributed by atoms with Crippen molar-refractivity contribution in [3.8, 4) is 0 Å². The van der Waals surface area contributed by atoms with Crippen LogP contribution in [0, 0.1) is 12.0 Å². The molecule has 1 radical (unpaired) electrons. The van der Waals surface area contributed by atoms with Crippen molar-refractivity contribution in [2.45, 2.75) is 40.7 Å². The average molecular weight is 144 g/mol. The normalized spacial score (nSPS) is 15.3. The summed E-state index contributed by atoms with van der Waals surface area (Å²) >= 11 is 0. The molecule has 0 aliphatic carbocycles. The maximum atomic E-state index is 5.25. The Hall–Kier alpha value is -0.0800. The Balaban J connectivity index is 3.52. The SMILES string of the molecule is C[CH]NOC(C)C(C)(C)C. The third kappa shape index (κ3) is 3.85. The van der Waals surface area contributed by atoms with Gasteiger partial charge >= 0.3 is 0 Å². The molecule has 0 bridgehead atoms. The lowest BCUT2D eigenvalue weighted by atomic mass is 9.90. The molecule has 2 heteroatoms. The molecule has 61 valence electrons. The molecule has 0 aromatic carbocycles. The van der Waals surface area contributed by atoms with E-state index in [1.807, 2.05) is 6.92 Å². The minimum Gasteiger partial charge on any atom is -0.298 e. The van der Waals surface area contributed by atoms with E-state index in [0.29, 0.717) is 0 Å². The number of hydrogen-bond acceptors (Lipinski definition) is 2. The van der Waals surface area contributed by atoms with Crippen LogP contribution < -0.4 is 5.48 Å². The van der Waals surface area contributed by atoms with E-state index in [-0.39, 0.29) is 11.5 Å². The van der Waals surface area contributed by atoms with Gasteiger partial charge in [0.1, 0.15) is 0 Å². The quantitative estimate of drug-likeness (QED) is 0.613. The van der Waals surface area contributed by atoms with Gasteiger partial charge in [0.25, 0.3) is 0 Å². The van der Waals surface area contributed by atoms with Crippen molar-refractivity contribution in [3.63, 3.8) is 0 Å². The van der Waals surface area contributed by atoms with Gasteiger partial charge in [-0.2, -0.15) is 5.48 Å². The average Bonchev–Trinajstić information content (AvgIpc) is 1.80. The summed E-state index contributed by atoms with van der Waals surface area (Å²) in [6, 6.07) is 0. The molecule has 0 aliphatic heterocycles. The molecule has 0 aromatic heterocycles. The third-order valence-electron chi connectivity index (χ3n) is 1.58. The predicted molar refractivity (Wildman–Crippen MR) is 43.1 cm³/mol.